The lowest BCUT2D eigenvalue weighted by Crippen LogP contribution is -1.97. The van der Waals surface area contributed by atoms with E-state index in [1.165, 1.54) is 12.1 Å². The Labute approximate surface area is 79.3 Å². The van der Waals surface area contributed by atoms with Crippen LogP contribution in [0.1, 0.15) is 15.9 Å². The summed E-state index contributed by atoms with van der Waals surface area (Å²) in [6.07, 6.45) is 0.444. The summed E-state index contributed by atoms with van der Waals surface area (Å²) in [7, 11) is 0. The zero-order valence-electron chi connectivity index (χ0n) is 6.78. The fourth-order valence-electron chi connectivity index (χ4n) is 0.996. The van der Waals surface area contributed by atoms with E-state index in [0.29, 0.717) is 16.9 Å². The number of rotatable bonds is 2. The molecule has 1 aromatic rings. The topological polar surface area (TPSA) is 60.2 Å². The summed E-state index contributed by atoms with van der Waals surface area (Å²) in [4.78, 5) is 20.4. The molecule has 0 heterocycles. The van der Waals surface area contributed by atoms with Gasteiger partial charge in [-0.1, -0.05) is 11.6 Å². The first-order valence-electron chi connectivity index (χ1n) is 3.46. The molecule has 0 spiro atoms. The van der Waals surface area contributed by atoms with Crippen LogP contribution in [-0.2, 0) is 0 Å². The summed E-state index contributed by atoms with van der Waals surface area (Å²) >= 11 is 5.69. The van der Waals surface area contributed by atoms with Gasteiger partial charge in [0.05, 0.1) is 10.5 Å². The first kappa shape index (κ1) is 9.67. The maximum Gasteiger partial charge on any atom is 0.280 e. The molecule has 0 atom stereocenters. The van der Waals surface area contributed by atoms with Crippen molar-refractivity contribution in [2.24, 2.45) is 0 Å². The van der Waals surface area contributed by atoms with Crippen molar-refractivity contribution in [1.29, 1.82) is 0 Å². The molecule has 0 N–H and O–H groups in total. The number of hydrogen-bond acceptors (Lipinski definition) is 3. The van der Waals surface area contributed by atoms with Crippen molar-refractivity contribution in [3.63, 3.8) is 0 Å². The van der Waals surface area contributed by atoms with Gasteiger partial charge in [0.1, 0.15) is 0 Å². The Hall–Kier alpha value is -1.42. The van der Waals surface area contributed by atoms with Gasteiger partial charge in [-0.2, -0.15) is 0 Å². The molecule has 68 valence electrons. The van der Waals surface area contributed by atoms with Gasteiger partial charge in [0, 0.05) is 11.1 Å². The Balaban J connectivity index is 3.47. The average molecular weight is 200 g/mol. The summed E-state index contributed by atoms with van der Waals surface area (Å²) in [6.45, 7) is 1.57. The minimum absolute atomic E-state index is 0.0394. The second-order valence-electron chi connectivity index (χ2n) is 2.48. The zero-order chi connectivity index (χ0) is 10.0. The molecule has 4 nitrogen and oxygen atoms in total. The van der Waals surface area contributed by atoms with E-state index in [2.05, 4.69) is 0 Å². The van der Waals surface area contributed by atoms with Gasteiger partial charge < -0.3 is 0 Å². The Morgan fingerprint density at radius 2 is 2.15 bits per heavy atom. The van der Waals surface area contributed by atoms with Gasteiger partial charge in [-0.05, 0) is 18.6 Å². The van der Waals surface area contributed by atoms with Crippen LogP contribution in [0.2, 0.25) is 5.02 Å². The maximum absolute atomic E-state index is 10.5. The number of nitrogens with zero attached hydrogens (tertiary/aromatic N) is 1. The smallest absolute Gasteiger partial charge is 0.280 e. The number of halogens is 1. The second-order valence-corrected chi connectivity index (χ2v) is 2.89. The summed E-state index contributed by atoms with van der Waals surface area (Å²) < 4.78 is 0. The monoisotopic (exact) mass is 199 g/mol. The molecule has 0 saturated carbocycles. The second kappa shape index (κ2) is 3.53. The Morgan fingerprint density at radius 3 is 2.62 bits per heavy atom. The van der Waals surface area contributed by atoms with E-state index in [-0.39, 0.29) is 11.3 Å². The van der Waals surface area contributed by atoms with Crippen LogP contribution < -0.4 is 0 Å². The predicted octanol–water partition coefficient (Wildman–Crippen LogP) is 2.37. The van der Waals surface area contributed by atoms with Crippen molar-refractivity contribution in [2.75, 3.05) is 0 Å². The van der Waals surface area contributed by atoms with Crippen molar-refractivity contribution in [3.05, 3.63) is 38.4 Å². The van der Waals surface area contributed by atoms with E-state index in [0.717, 1.165) is 0 Å². The molecular weight excluding hydrogens is 194 g/mol. The van der Waals surface area contributed by atoms with Crippen molar-refractivity contribution in [1.82, 2.24) is 0 Å². The van der Waals surface area contributed by atoms with Crippen LogP contribution in [-0.4, -0.2) is 11.2 Å². The Kier molecular flexibility index (Phi) is 2.63. The average Bonchev–Trinajstić information content (AvgIpc) is 2.09. The number of nitro groups is 1. The SMILES string of the molecule is Cc1c(Cl)ccc([N+](=O)[O-])c1C=O. The molecule has 0 unspecified atom stereocenters. The third-order valence-electron chi connectivity index (χ3n) is 1.74. The molecule has 0 aliphatic heterocycles. The van der Waals surface area contributed by atoms with Gasteiger partial charge >= 0.3 is 0 Å². The van der Waals surface area contributed by atoms with E-state index in [4.69, 9.17) is 11.6 Å². The van der Waals surface area contributed by atoms with Crippen LogP contribution in [0.25, 0.3) is 0 Å². The number of aldehydes is 1. The Morgan fingerprint density at radius 1 is 1.54 bits per heavy atom. The van der Waals surface area contributed by atoms with Crippen LogP contribution >= 0.6 is 11.6 Å². The van der Waals surface area contributed by atoms with Crippen LogP contribution in [0.5, 0.6) is 0 Å². The standard InChI is InChI=1S/C8H6ClNO3/c1-5-6(4-11)8(10(12)13)3-2-7(5)9/h2-4H,1H3. The fraction of sp³-hybridized carbons (Fsp3) is 0.125. The number of benzene rings is 1. The summed E-state index contributed by atoms with van der Waals surface area (Å²) in [5.41, 5.74) is 0.264. The molecule has 0 amide bonds. The molecule has 5 heteroatoms. The van der Waals surface area contributed by atoms with E-state index < -0.39 is 4.92 Å². The van der Waals surface area contributed by atoms with Crippen LogP contribution in [0.4, 0.5) is 5.69 Å². The van der Waals surface area contributed by atoms with Crippen LogP contribution in [0, 0.1) is 17.0 Å². The molecule has 0 aliphatic carbocycles. The largest absolute Gasteiger partial charge is 0.298 e. The lowest BCUT2D eigenvalue weighted by Gasteiger charge is -2.01. The predicted molar refractivity (Wildman–Crippen MR) is 48.2 cm³/mol. The molecule has 0 radical (unpaired) electrons. The minimum Gasteiger partial charge on any atom is -0.298 e. The van der Waals surface area contributed by atoms with Crippen molar-refractivity contribution in [2.45, 2.75) is 6.92 Å². The van der Waals surface area contributed by atoms with Gasteiger partial charge in [-0.15, -0.1) is 0 Å². The molecule has 0 bridgehead atoms. The minimum atomic E-state index is -0.604. The van der Waals surface area contributed by atoms with Crippen molar-refractivity contribution < 1.29 is 9.72 Å². The summed E-state index contributed by atoms with van der Waals surface area (Å²) in [5, 5.41) is 10.8. The van der Waals surface area contributed by atoms with Gasteiger partial charge in [0.25, 0.3) is 5.69 Å². The van der Waals surface area contributed by atoms with Crippen molar-refractivity contribution in [3.8, 4) is 0 Å². The summed E-state index contributed by atoms with van der Waals surface area (Å²) in [6, 6.07) is 2.63. The molecular formula is C8H6ClNO3. The summed E-state index contributed by atoms with van der Waals surface area (Å²) in [5.74, 6) is 0. The van der Waals surface area contributed by atoms with E-state index >= 15 is 0 Å². The van der Waals surface area contributed by atoms with Gasteiger partial charge in [-0.25, -0.2) is 0 Å². The highest BCUT2D eigenvalue weighted by molar-refractivity contribution is 6.31. The third kappa shape index (κ3) is 1.67. The number of carbonyl (C=O) groups is 1. The molecule has 0 fully saturated rings. The van der Waals surface area contributed by atoms with Gasteiger partial charge in [-0.3, -0.25) is 14.9 Å². The van der Waals surface area contributed by atoms with Gasteiger partial charge in [0.2, 0.25) is 0 Å². The lowest BCUT2D eigenvalue weighted by molar-refractivity contribution is -0.385. The van der Waals surface area contributed by atoms with E-state index in [9.17, 15) is 14.9 Å². The lowest BCUT2D eigenvalue weighted by atomic mass is 10.1. The first-order valence-corrected chi connectivity index (χ1v) is 3.84. The van der Waals surface area contributed by atoms with Crippen molar-refractivity contribution >= 4 is 23.6 Å². The molecule has 0 saturated heterocycles. The number of nitro benzene ring substituents is 1. The fourth-order valence-corrected chi connectivity index (χ4v) is 1.16. The normalized spacial score (nSPS) is 9.69. The Bertz CT molecular complexity index is 376. The van der Waals surface area contributed by atoms with Gasteiger partial charge in [0.15, 0.2) is 6.29 Å². The van der Waals surface area contributed by atoms with E-state index in [1.807, 2.05) is 0 Å². The molecule has 0 aromatic heterocycles. The molecule has 1 rings (SSSR count). The zero-order valence-corrected chi connectivity index (χ0v) is 7.54. The maximum atomic E-state index is 10.5. The number of hydrogen-bond donors (Lipinski definition) is 0. The first-order chi connectivity index (χ1) is 6.07. The molecule has 0 aliphatic rings. The third-order valence-corrected chi connectivity index (χ3v) is 2.15. The molecule has 13 heavy (non-hydrogen) atoms. The molecule has 1 aromatic carbocycles. The highest BCUT2D eigenvalue weighted by atomic mass is 35.5. The number of carbonyl (C=O) groups excluding carboxylic acids is 1. The van der Waals surface area contributed by atoms with E-state index in [1.54, 1.807) is 6.92 Å². The highest BCUT2D eigenvalue weighted by Gasteiger charge is 2.16. The highest BCUT2D eigenvalue weighted by Crippen LogP contribution is 2.26. The quantitative estimate of drug-likeness (QED) is 0.417. The van der Waals surface area contributed by atoms with Crippen LogP contribution in [0.3, 0.4) is 0 Å². The van der Waals surface area contributed by atoms with Crippen LogP contribution in [0.15, 0.2) is 12.1 Å².